The van der Waals surface area contributed by atoms with E-state index >= 15 is 0 Å². The summed E-state index contributed by atoms with van der Waals surface area (Å²) in [5.74, 6) is 0. The summed E-state index contributed by atoms with van der Waals surface area (Å²) in [6.45, 7) is 13.5. The maximum absolute atomic E-state index is 11.9. The van der Waals surface area contributed by atoms with Crippen LogP contribution in [0.5, 0.6) is 0 Å². The third kappa shape index (κ3) is 3.70. The second kappa shape index (κ2) is 5.39. The molecule has 1 saturated heterocycles. The fourth-order valence-corrected chi connectivity index (χ4v) is 2.11. The molecule has 1 fully saturated rings. The largest absolute Gasteiger partial charge is 0.462 e. The first-order valence-electron chi connectivity index (χ1n) is 7.52. The van der Waals surface area contributed by atoms with Gasteiger partial charge in [0.15, 0.2) is 0 Å². The maximum atomic E-state index is 11.9. The lowest BCUT2D eigenvalue weighted by molar-refractivity contribution is 0.00578. The topological polar surface area (TPSA) is 62.6 Å². The van der Waals surface area contributed by atoms with Crippen LogP contribution in [0.3, 0.4) is 0 Å². The number of carbonyl (C=O) groups is 1. The van der Waals surface area contributed by atoms with Crippen LogP contribution in [-0.4, -0.2) is 39.8 Å². The predicted octanol–water partition coefficient (Wildman–Crippen LogP) is 2.84. The highest BCUT2D eigenvalue weighted by molar-refractivity contribution is 6.45. The Bertz CT molecular complexity index is 544. The molecule has 1 aliphatic heterocycles. The highest BCUT2D eigenvalue weighted by atomic mass is 16.7. The standard InChI is InChI=1S/C15H25BN2O4/c1-13(2,3)20-12(19)18-10-11(9-17-18)8-16-21-14(4,5)15(6,7)22-16/h9-10H,8H2,1-7H3. The predicted molar refractivity (Wildman–Crippen MR) is 83.6 cm³/mol. The van der Waals surface area contributed by atoms with Gasteiger partial charge in [0.1, 0.15) is 5.60 Å². The summed E-state index contributed by atoms with van der Waals surface area (Å²) in [5, 5.41) is 4.05. The average molecular weight is 308 g/mol. The summed E-state index contributed by atoms with van der Waals surface area (Å²) in [5.41, 5.74) is -0.406. The Morgan fingerprint density at radius 2 is 1.82 bits per heavy atom. The number of rotatable bonds is 2. The third-order valence-corrected chi connectivity index (χ3v) is 3.92. The van der Waals surface area contributed by atoms with Gasteiger partial charge in [0.2, 0.25) is 0 Å². The van der Waals surface area contributed by atoms with Gasteiger partial charge in [0.05, 0.1) is 17.4 Å². The van der Waals surface area contributed by atoms with Crippen LogP contribution in [0.25, 0.3) is 0 Å². The lowest BCUT2D eigenvalue weighted by Gasteiger charge is -2.32. The van der Waals surface area contributed by atoms with E-state index in [1.165, 1.54) is 4.68 Å². The molecule has 0 amide bonds. The Kier molecular flexibility index (Phi) is 4.17. The maximum Gasteiger partial charge on any atom is 0.462 e. The van der Waals surface area contributed by atoms with E-state index in [2.05, 4.69) is 5.10 Å². The van der Waals surface area contributed by atoms with Crippen molar-refractivity contribution in [2.45, 2.75) is 71.6 Å². The summed E-state index contributed by atoms with van der Waals surface area (Å²) in [6.07, 6.45) is 3.33. The van der Waals surface area contributed by atoms with Gasteiger partial charge in [-0.2, -0.15) is 9.78 Å². The van der Waals surface area contributed by atoms with E-state index in [1.807, 2.05) is 48.5 Å². The first-order chi connectivity index (χ1) is 9.90. The van der Waals surface area contributed by atoms with Crippen LogP contribution in [0.15, 0.2) is 12.4 Å². The van der Waals surface area contributed by atoms with Gasteiger partial charge in [0, 0.05) is 12.5 Å². The molecule has 0 aliphatic carbocycles. The van der Waals surface area contributed by atoms with E-state index in [4.69, 9.17) is 14.0 Å². The van der Waals surface area contributed by atoms with Crippen LogP contribution in [0.1, 0.15) is 54.0 Å². The first kappa shape index (κ1) is 17.0. The molecule has 0 unspecified atom stereocenters. The molecule has 1 aromatic rings. The molecule has 6 nitrogen and oxygen atoms in total. The van der Waals surface area contributed by atoms with E-state index in [1.54, 1.807) is 12.4 Å². The average Bonchev–Trinajstić information content (AvgIpc) is 2.80. The lowest BCUT2D eigenvalue weighted by Crippen LogP contribution is -2.41. The van der Waals surface area contributed by atoms with E-state index in [9.17, 15) is 4.79 Å². The zero-order chi connectivity index (χ0) is 16.8. The zero-order valence-corrected chi connectivity index (χ0v) is 14.5. The third-order valence-electron chi connectivity index (χ3n) is 3.92. The number of hydrogen-bond acceptors (Lipinski definition) is 5. The summed E-state index contributed by atoms with van der Waals surface area (Å²) in [7, 11) is -0.346. The van der Waals surface area contributed by atoms with Crippen molar-refractivity contribution in [2.75, 3.05) is 0 Å². The molecule has 7 heteroatoms. The van der Waals surface area contributed by atoms with Crippen molar-refractivity contribution in [1.29, 1.82) is 0 Å². The zero-order valence-electron chi connectivity index (χ0n) is 14.5. The summed E-state index contributed by atoms with van der Waals surface area (Å²) >= 11 is 0. The SMILES string of the molecule is CC(C)(C)OC(=O)n1cc(CB2OC(C)(C)C(C)(C)O2)cn1. The molecule has 0 saturated carbocycles. The van der Waals surface area contributed by atoms with E-state index in [-0.39, 0.29) is 18.3 Å². The van der Waals surface area contributed by atoms with Gasteiger partial charge in [-0.3, -0.25) is 0 Å². The normalized spacial score (nSPS) is 20.2. The van der Waals surface area contributed by atoms with Crippen molar-refractivity contribution < 1.29 is 18.8 Å². The minimum Gasteiger partial charge on any atom is -0.442 e. The lowest BCUT2D eigenvalue weighted by atomic mass is 9.82. The number of nitrogens with zero attached hydrogens (tertiary/aromatic N) is 2. The second-order valence-corrected chi connectivity index (χ2v) is 7.66. The molecule has 122 valence electrons. The Morgan fingerprint density at radius 3 is 2.32 bits per heavy atom. The summed E-state index contributed by atoms with van der Waals surface area (Å²) in [6, 6.07) is 0. The second-order valence-electron chi connectivity index (χ2n) is 7.66. The van der Waals surface area contributed by atoms with Gasteiger partial charge in [-0.15, -0.1) is 0 Å². The Hall–Kier alpha value is -1.34. The molecule has 1 aromatic heterocycles. The van der Waals surface area contributed by atoms with Crippen molar-refractivity contribution in [1.82, 2.24) is 9.78 Å². The Balaban J connectivity index is 2.00. The van der Waals surface area contributed by atoms with Gasteiger partial charge in [0.25, 0.3) is 0 Å². The van der Waals surface area contributed by atoms with Crippen LogP contribution >= 0.6 is 0 Å². The van der Waals surface area contributed by atoms with Crippen molar-refractivity contribution in [2.24, 2.45) is 0 Å². The highest BCUT2D eigenvalue weighted by Crippen LogP contribution is 2.37. The number of aromatic nitrogens is 2. The molecule has 0 radical (unpaired) electrons. The fourth-order valence-electron chi connectivity index (χ4n) is 2.11. The molecular weight excluding hydrogens is 283 g/mol. The van der Waals surface area contributed by atoms with Crippen molar-refractivity contribution in [3.8, 4) is 0 Å². The fraction of sp³-hybridized carbons (Fsp3) is 0.733. The number of ether oxygens (including phenoxy) is 1. The monoisotopic (exact) mass is 308 g/mol. The first-order valence-corrected chi connectivity index (χ1v) is 7.52. The molecule has 0 bridgehead atoms. The molecule has 0 spiro atoms. The van der Waals surface area contributed by atoms with Gasteiger partial charge < -0.3 is 14.0 Å². The highest BCUT2D eigenvalue weighted by Gasteiger charge is 2.50. The van der Waals surface area contributed by atoms with Crippen LogP contribution in [0, 0.1) is 0 Å². The van der Waals surface area contributed by atoms with Crippen LogP contribution in [-0.2, 0) is 20.4 Å². The molecule has 1 aliphatic rings. The summed E-state index contributed by atoms with van der Waals surface area (Å²) < 4.78 is 18.4. The molecule has 2 rings (SSSR count). The quantitative estimate of drug-likeness (QED) is 0.786. The summed E-state index contributed by atoms with van der Waals surface area (Å²) in [4.78, 5) is 11.9. The van der Waals surface area contributed by atoms with Gasteiger partial charge >= 0.3 is 13.2 Å². The van der Waals surface area contributed by atoms with E-state index in [0.717, 1.165) is 5.56 Å². The molecule has 22 heavy (non-hydrogen) atoms. The van der Waals surface area contributed by atoms with Crippen LogP contribution < -0.4 is 0 Å². The minimum atomic E-state index is -0.547. The molecule has 0 N–H and O–H groups in total. The van der Waals surface area contributed by atoms with Crippen LogP contribution in [0.4, 0.5) is 4.79 Å². The molecular formula is C15H25BN2O4. The minimum absolute atomic E-state index is 0.346. The van der Waals surface area contributed by atoms with Gasteiger partial charge in [-0.1, -0.05) is 0 Å². The number of carbonyl (C=O) groups excluding carboxylic acids is 1. The Labute approximate surface area is 132 Å². The number of hydrogen-bond donors (Lipinski definition) is 0. The van der Waals surface area contributed by atoms with Gasteiger partial charge in [-0.25, -0.2) is 4.79 Å². The van der Waals surface area contributed by atoms with E-state index in [0.29, 0.717) is 6.32 Å². The smallest absolute Gasteiger partial charge is 0.442 e. The van der Waals surface area contributed by atoms with Crippen LogP contribution in [0.2, 0.25) is 0 Å². The van der Waals surface area contributed by atoms with Crippen molar-refractivity contribution >= 4 is 13.2 Å². The molecule has 0 atom stereocenters. The van der Waals surface area contributed by atoms with Crippen molar-refractivity contribution in [3.05, 3.63) is 18.0 Å². The van der Waals surface area contributed by atoms with Gasteiger partial charge in [-0.05, 0) is 54.0 Å². The Morgan fingerprint density at radius 1 is 1.27 bits per heavy atom. The molecule has 0 aromatic carbocycles. The molecule has 2 heterocycles. The van der Waals surface area contributed by atoms with Crippen molar-refractivity contribution in [3.63, 3.8) is 0 Å². The van der Waals surface area contributed by atoms with E-state index < -0.39 is 11.7 Å².